The second kappa shape index (κ2) is 7.14. The van der Waals surface area contributed by atoms with E-state index in [1.807, 2.05) is 23.1 Å². The Labute approximate surface area is 146 Å². The predicted octanol–water partition coefficient (Wildman–Crippen LogP) is 2.29. The van der Waals surface area contributed by atoms with Crippen molar-refractivity contribution in [3.05, 3.63) is 30.9 Å². The van der Waals surface area contributed by atoms with Crippen LogP contribution in [0.15, 0.2) is 30.9 Å². The zero-order valence-electron chi connectivity index (χ0n) is 14.4. The van der Waals surface area contributed by atoms with Gasteiger partial charge in [0.2, 0.25) is 5.88 Å². The third-order valence-electron chi connectivity index (χ3n) is 4.53. The topological polar surface area (TPSA) is 77.8 Å². The van der Waals surface area contributed by atoms with Crippen LogP contribution in [0.2, 0.25) is 0 Å². The molecule has 130 valence electrons. The summed E-state index contributed by atoms with van der Waals surface area (Å²) in [6, 6.07) is 1.94. The number of nitrogens with zero attached hydrogens (tertiary/aromatic N) is 5. The van der Waals surface area contributed by atoms with Crippen molar-refractivity contribution >= 4 is 11.0 Å². The molecule has 1 saturated heterocycles. The molecule has 0 bridgehead atoms. The normalized spacial score (nSPS) is 17.7. The van der Waals surface area contributed by atoms with Gasteiger partial charge in [0.25, 0.3) is 0 Å². The van der Waals surface area contributed by atoms with Crippen LogP contribution < -0.4 is 10.1 Å². The van der Waals surface area contributed by atoms with E-state index in [0.717, 1.165) is 36.4 Å². The van der Waals surface area contributed by atoms with Gasteiger partial charge in [-0.3, -0.25) is 9.67 Å². The molecule has 3 aromatic rings. The van der Waals surface area contributed by atoms with Crippen LogP contribution in [0.5, 0.6) is 5.88 Å². The van der Waals surface area contributed by atoms with E-state index in [1.54, 1.807) is 12.4 Å². The van der Waals surface area contributed by atoms with Gasteiger partial charge in [0.1, 0.15) is 0 Å². The summed E-state index contributed by atoms with van der Waals surface area (Å²) in [5.41, 5.74) is 3.26. The first kappa shape index (κ1) is 16.0. The van der Waals surface area contributed by atoms with Gasteiger partial charge in [-0.15, -0.1) is 0 Å². The van der Waals surface area contributed by atoms with E-state index in [4.69, 9.17) is 9.72 Å². The van der Waals surface area contributed by atoms with E-state index in [1.165, 1.54) is 12.8 Å². The number of rotatable bonds is 5. The monoisotopic (exact) mass is 338 g/mol. The number of hydrogen-bond acceptors (Lipinski definition) is 6. The minimum absolute atomic E-state index is 0.508. The quantitative estimate of drug-likeness (QED) is 0.769. The molecule has 1 aliphatic rings. The number of aryl methyl sites for hydroxylation is 1. The van der Waals surface area contributed by atoms with E-state index in [2.05, 4.69) is 27.3 Å². The molecule has 1 fully saturated rings. The first-order valence-electron chi connectivity index (χ1n) is 8.81. The van der Waals surface area contributed by atoms with Crippen LogP contribution in [-0.4, -0.2) is 44.4 Å². The maximum absolute atomic E-state index is 6.07. The van der Waals surface area contributed by atoms with Crippen LogP contribution in [0.1, 0.15) is 19.8 Å². The number of aromatic nitrogens is 5. The Hall–Kier alpha value is -2.54. The molecule has 3 aromatic heterocycles. The Morgan fingerprint density at radius 3 is 3.04 bits per heavy atom. The fraction of sp³-hybridized carbons (Fsp3) is 0.444. The SMILES string of the molecule is CCn1cc(-c2cc3nccnc3c(OC[C@@H]3CCCNC3)n2)cn1. The zero-order chi connectivity index (χ0) is 17.1. The summed E-state index contributed by atoms with van der Waals surface area (Å²) in [6.45, 7) is 5.62. The fourth-order valence-electron chi connectivity index (χ4n) is 3.12. The summed E-state index contributed by atoms with van der Waals surface area (Å²) in [6.07, 6.45) is 9.55. The number of fused-ring (bicyclic) bond motifs is 1. The second-order valence-corrected chi connectivity index (χ2v) is 6.34. The summed E-state index contributed by atoms with van der Waals surface area (Å²) >= 11 is 0. The maximum Gasteiger partial charge on any atom is 0.242 e. The molecule has 1 aliphatic heterocycles. The van der Waals surface area contributed by atoms with E-state index in [0.29, 0.717) is 23.9 Å². The molecule has 4 rings (SSSR count). The lowest BCUT2D eigenvalue weighted by atomic mass is 10.0. The highest BCUT2D eigenvalue weighted by Crippen LogP contribution is 2.27. The minimum Gasteiger partial charge on any atom is -0.476 e. The highest BCUT2D eigenvalue weighted by atomic mass is 16.5. The molecule has 4 heterocycles. The third-order valence-corrected chi connectivity index (χ3v) is 4.53. The molecular weight excluding hydrogens is 316 g/mol. The lowest BCUT2D eigenvalue weighted by Gasteiger charge is -2.22. The van der Waals surface area contributed by atoms with Crippen LogP contribution in [0.4, 0.5) is 0 Å². The van der Waals surface area contributed by atoms with Crippen molar-refractivity contribution in [1.29, 1.82) is 0 Å². The average Bonchev–Trinajstić information content (AvgIpc) is 3.16. The van der Waals surface area contributed by atoms with Crippen LogP contribution in [0.3, 0.4) is 0 Å². The van der Waals surface area contributed by atoms with Crippen molar-refractivity contribution in [2.45, 2.75) is 26.3 Å². The van der Waals surface area contributed by atoms with Crippen molar-refractivity contribution in [1.82, 2.24) is 30.0 Å². The molecule has 0 unspecified atom stereocenters. The van der Waals surface area contributed by atoms with Gasteiger partial charge in [-0.2, -0.15) is 5.10 Å². The molecule has 0 saturated carbocycles. The molecule has 7 nitrogen and oxygen atoms in total. The van der Waals surface area contributed by atoms with E-state index < -0.39 is 0 Å². The van der Waals surface area contributed by atoms with Gasteiger partial charge in [-0.1, -0.05) is 0 Å². The summed E-state index contributed by atoms with van der Waals surface area (Å²) < 4.78 is 7.95. The number of pyridine rings is 1. The zero-order valence-corrected chi connectivity index (χ0v) is 14.4. The first-order valence-corrected chi connectivity index (χ1v) is 8.81. The van der Waals surface area contributed by atoms with Gasteiger partial charge in [-0.05, 0) is 32.4 Å². The fourth-order valence-corrected chi connectivity index (χ4v) is 3.12. The van der Waals surface area contributed by atoms with Crippen molar-refractivity contribution in [3.8, 4) is 17.1 Å². The highest BCUT2D eigenvalue weighted by molar-refractivity contribution is 5.83. The highest BCUT2D eigenvalue weighted by Gasteiger charge is 2.17. The van der Waals surface area contributed by atoms with Crippen molar-refractivity contribution in [2.75, 3.05) is 19.7 Å². The Balaban J connectivity index is 1.65. The van der Waals surface area contributed by atoms with E-state index >= 15 is 0 Å². The van der Waals surface area contributed by atoms with Crippen molar-refractivity contribution in [2.24, 2.45) is 5.92 Å². The predicted molar refractivity (Wildman–Crippen MR) is 95.3 cm³/mol. The third kappa shape index (κ3) is 3.46. The maximum atomic E-state index is 6.07. The second-order valence-electron chi connectivity index (χ2n) is 6.34. The van der Waals surface area contributed by atoms with Gasteiger partial charge in [-0.25, -0.2) is 9.97 Å². The molecule has 1 atom stereocenters. The first-order chi connectivity index (χ1) is 12.3. The molecule has 0 spiro atoms. The molecule has 0 radical (unpaired) electrons. The summed E-state index contributed by atoms with van der Waals surface area (Å²) in [5.74, 6) is 1.06. The molecule has 1 N–H and O–H groups in total. The lowest BCUT2D eigenvalue weighted by Crippen LogP contribution is -2.33. The van der Waals surface area contributed by atoms with E-state index in [-0.39, 0.29) is 0 Å². The van der Waals surface area contributed by atoms with Crippen LogP contribution in [-0.2, 0) is 6.54 Å². The lowest BCUT2D eigenvalue weighted by molar-refractivity contribution is 0.214. The average molecular weight is 338 g/mol. The summed E-state index contributed by atoms with van der Waals surface area (Å²) in [5, 5.41) is 7.75. The number of ether oxygens (including phenoxy) is 1. The van der Waals surface area contributed by atoms with Gasteiger partial charge in [0.15, 0.2) is 5.52 Å². The Bertz CT molecular complexity index is 856. The largest absolute Gasteiger partial charge is 0.476 e. The summed E-state index contributed by atoms with van der Waals surface area (Å²) in [4.78, 5) is 13.5. The van der Waals surface area contributed by atoms with Crippen LogP contribution in [0.25, 0.3) is 22.3 Å². The van der Waals surface area contributed by atoms with E-state index in [9.17, 15) is 0 Å². The molecule has 0 aliphatic carbocycles. The van der Waals surface area contributed by atoms with Crippen LogP contribution >= 0.6 is 0 Å². The number of nitrogens with one attached hydrogen (secondary N) is 1. The van der Waals surface area contributed by atoms with Gasteiger partial charge in [0, 0.05) is 43.2 Å². The van der Waals surface area contributed by atoms with Gasteiger partial charge < -0.3 is 10.1 Å². The Morgan fingerprint density at radius 2 is 2.24 bits per heavy atom. The number of piperidine rings is 1. The minimum atomic E-state index is 0.508. The Morgan fingerprint density at radius 1 is 1.32 bits per heavy atom. The molecule has 7 heteroatoms. The van der Waals surface area contributed by atoms with Crippen LogP contribution in [0, 0.1) is 5.92 Å². The molecule has 25 heavy (non-hydrogen) atoms. The van der Waals surface area contributed by atoms with Gasteiger partial charge >= 0.3 is 0 Å². The summed E-state index contributed by atoms with van der Waals surface area (Å²) in [7, 11) is 0. The molecule has 0 amide bonds. The smallest absolute Gasteiger partial charge is 0.242 e. The standard InChI is InChI=1S/C18H22N6O/c1-2-24-11-14(10-22-24)15-8-16-17(21-7-6-20-16)18(23-15)25-12-13-4-3-5-19-9-13/h6-8,10-11,13,19H,2-5,9,12H2,1H3/t13-/m1/s1. The van der Waals surface area contributed by atoms with Gasteiger partial charge in [0.05, 0.1) is 24.0 Å². The number of hydrogen-bond donors (Lipinski definition) is 1. The van der Waals surface area contributed by atoms with Crippen molar-refractivity contribution in [3.63, 3.8) is 0 Å². The molecule has 0 aromatic carbocycles. The van der Waals surface area contributed by atoms with Crippen molar-refractivity contribution < 1.29 is 4.74 Å². The molecular formula is C18H22N6O. The Kier molecular flexibility index (Phi) is 4.56.